The summed E-state index contributed by atoms with van der Waals surface area (Å²) < 4.78 is 0. The molecule has 2 N–H and O–H groups in total. The van der Waals surface area contributed by atoms with Gasteiger partial charge < -0.3 is 0 Å². The molecule has 0 spiro atoms. The minimum Gasteiger partial charge on any atom is -0.298 e. The van der Waals surface area contributed by atoms with E-state index in [0.29, 0.717) is 0 Å². The highest BCUT2D eigenvalue weighted by Crippen LogP contribution is 2.32. The van der Waals surface area contributed by atoms with Crippen molar-refractivity contribution in [3.63, 3.8) is 0 Å². The summed E-state index contributed by atoms with van der Waals surface area (Å²) >= 11 is 0. The summed E-state index contributed by atoms with van der Waals surface area (Å²) in [6.45, 7) is 6.26. The van der Waals surface area contributed by atoms with Crippen molar-refractivity contribution < 1.29 is 0 Å². The van der Waals surface area contributed by atoms with Gasteiger partial charge in [0, 0.05) is 0 Å². The highest BCUT2D eigenvalue weighted by molar-refractivity contribution is 5.75. The Morgan fingerprint density at radius 2 is 2.10 bits per heavy atom. The molecule has 0 unspecified atom stereocenters. The van der Waals surface area contributed by atoms with E-state index in [2.05, 4.69) is 53.0 Å². The van der Waals surface area contributed by atoms with Gasteiger partial charge in [0.25, 0.3) is 0 Å². The lowest BCUT2D eigenvalue weighted by Gasteiger charge is -2.18. The topological polar surface area (TPSA) is 53.1 Å². The van der Waals surface area contributed by atoms with Crippen LogP contribution >= 0.6 is 0 Å². The predicted molar refractivity (Wildman–Crippen MR) is 80.8 cm³/mol. The number of hydrazine groups is 2. The fraction of sp³-hybridized carbons (Fsp3) is 0.333. The number of nitrogens with one attached hydrogen (secondary N) is 2. The van der Waals surface area contributed by atoms with Crippen LogP contribution in [0.2, 0.25) is 0 Å². The van der Waals surface area contributed by atoms with Crippen LogP contribution in [-0.2, 0) is 6.42 Å². The van der Waals surface area contributed by atoms with Crippen molar-refractivity contribution >= 4 is 17.2 Å². The molecule has 1 aromatic carbocycles. The van der Waals surface area contributed by atoms with E-state index in [1.54, 1.807) is 6.20 Å². The molecule has 0 atom stereocenters. The number of anilines is 3. The minimum absolute atomic E-state index is 0.763. The zero-order valence-corrected chi connectivity index (χ0v) is 12.1. The molecule has 0 bridgehead atoms. The lowest BCUT2D eigenvalue weighted by atomic mass is 10.0. The number of aromatic nitrogens is 2. The zero-order chi connectivity index (χ0) is 14.1. The summed E-state index contributed by atoms with van der Waals surface area (Å²) in [6.07, 6.45) is 4.08. The summed E-state index contributed by atoms with van der Waals surface area (Å²) in [5.41, 5.74) is 10.9. The normalized spacial score (nSPS) is 13.2. The van der Waals surface area contributed by atoms with E-state index in [4.69, 9.17) is 0 Å². The third-order valence-corrected chi connectivity index (χ3v) is 3.51. The molecule has 104 valence electrons. The van der Waals surface area contributed by atoms with E-state index in [-0.39, 0.29) is 0 Å². The monoisotopic (exact) mass is 269 g/mol. The fourth-order valence-electron chi connectivity index (χ4n) is 2.44. The van der Waals surface area contributed by atoms with Gasteiger partial charge in [-0.3, -0.25) is 5.43 Å². The zero-order valence-electron chi connectivity index (χ0n) is 12.1. The van der Waals surface area contributed by atoms with Crippen molar-refractivity contribution in [3.05, 3.63) is 41.3 Å². The molecule has 5 nitrogen and oxygen atoms in total. The summed E-state index contributed by atoms with van der Waals surface area (Å²) in [5.74, 6) is 1.62. The van der Waals surface area contributed by atoms with Gasteiger partial charge in [0.1, 0.15) is 11.5 Å². The molecular formula is C15H19N5. The van der Waals surface area contributed by atoms with Gasteiger partial charge in [-0.1, -0.05) is 19.4 Å². The molecule has 3 rings (SSSR count). The summed E-state index contributed by atoms with van der Waals surface area (Å²) in [7, 11) is 0. The number of rotatable bonds is 3. The van der Waals surface area contributed by atoms with Crippen LogP contribution in [0.4, 0.5) is 17.2 Å². The van der Waals surface area contributed by atoms with Crippen LogP contribution in [0.1, 0.15) is 30.3 Å². The Balaban J connectivity index is 1.96. The standard InChI is InChI=1S/C15H19N5/c1-4-5-12-6-7-13(8-10(12)2)20-15-14(18-19-20)9-16-11(3)17-15/h6-9,18-19H,4-5H2,1-3H3. The van der Waals surface area contributed by atoms with Gasteiger partial charge in [0.15, 0.2) is 5.82 Å². The SMILES string of the molecule is CCCc1ccc(N2NNc3cnc(C)nc32)cc1C. The lowest BCUT2D eigenvalue weighted by molar-refractivity contribution is 0.847. The van der Waals surface area contributed by atoms with Crippen LogP contribution in [-0.4, -0.2) is 9.97 Å². The Hall–Kier alpha value is -2.14. The number of hydrogen-bond donors (Lipinski definition) is 2. The van der Waals surface area contributed by atoms with E-state index in [9.17, 15) is 0 Å². The smallest absolute Gasteiger partial charge is 0.177 e. The van der Waals surface area contributed by atoms with Gasteiger partial charge >= 0.3 is 0 Å². The molecule has 0 saturated carbocycles. The molecule has 1 aromatic heterocycles. The van der Waals surface area contributed by atoms with Crippen molar-refractivity contribution in [2.75, 3.05) is 10.4 Å². The molecule has 2 heterocycles. The third kappa shape index (κ3) is 2.20. The van der Waals surface area contributed by atoms with Gasteiger partial charge in [-0.2, -0.15) is 0 Å². The average Bonchev–Trinajstić information content (AvgIpc) is 2.84. The first-order chi connectivity index (χ1) is 9.69. The van der Waals surface area contributed by atoms with Crippen LogP contribution in [0.25, 0.3) is 0 Å². The fourth-order valence-corrected chi connectivity index (χ4v) is 2.44. The highest BCUT2D eigenvalue weighted by Gasteiger charge is 2.22. The Morgan fingerprint density at radius 3 is 2.85 bits per heavy atom. The highest BCUT2D eigenvalue weighted by atomic mass is 15.7. The molecule has 0 radical (unpaired) electrons. The molecule has 20 heavy (non-hydrogen) atoms. The quantitative estimate of drug-likeness (QED) is 0.897. The van der Waals surface area contributed by atoms with Crippen molar-refractivity contribution in [2.24, 2.45) is 0 Å². The first-order valence-corrected chi connectivity index (χ1v) is 6.94. The van der Waals surface area contributed by atoms with Crippen LogP contribution < -0.4 is 16.0 Å². The van der Waals surface area contributed by atoms with Crippen LogP contribution in [0.5, 0.6) is 0 Å². The van der Waals surface area contributed by atoms with Crippen molar-refractivity contribution in [1.29, 1.82) is 0 Å². The third-order valence-electron chi connectivity index (χ3n) is 3.51. The Bertz CT molecular complexity index is 638. The largest absolute Gasteiger partial charge is 0.298 e. The van der Waals surface area contributed by atoms with E-state index in [1.165, 1.54) is 17.5 Å². The summed E-state index contributed by atoms with van der Waals surface area (Å²) in [5, 5.41) is 1.95. The van der Waals surface area contributed by atoms with E-state index in [1.807, 2.05) is 11.9 Å². The first kappa shape index (κ1) is 12.9. The van der Waals surface area contributed by atoms with Gasteiger partial charge in [-0.15, -0.1) is 5.53 Å². The van der Waals surface area contributed by atoms with E-state index in [0.717, 1.165) is 29.4 Å². The van der Waals surface area contributed by atoms with Gasteiger partial charge in [-0.05, 0) is 43.5 Å². The molecule has 0 fully saturated rings. The van der Waals surface area contributed by atoms with Gasteiger partial charge in [0.2, 0.25) is 0 Å². The molecule has 0 aliphatic carbocycles. The minimum atomic E-state index is 0.763. The van der Waals surface area contributed by atoms with E-state index < -0.39 is 0 Å². The Morgan fingerprint density at radius 1 is 1.25 bits per heavy atom. The maximum absolute atomic E-state index is 4.49. The second kappa shape index (κ2) is 5.09. The molecule has 0 saturated heterocycles. The molecule has 2 aromatic rings. The maximum Gasteiger partial charge on any atom is 0.177 e. The lowest BCUT2D eigenvalue weighted by Crippen LogP contribution is -2.31. The number of aryl methyl sites for hydroxylation is 3. The number of nitrogens with zero attached hydrogens (tertiary/aromatic N) is 3. The molecule has 5 heteroatoms. The van der Waals surface area contributed by atoms with Crippen molar-refractivity contribution in [1.82, 2.24) is 15.5 Å². The van der Waals surface area contributed by atoms with Crippen LogP contribution in [0.15, 0.2) is 24.4 Å². The average molecular weight is 269 g/mol. The van der Waals surface area contributed by atoms with Gasteiger partial charge in [-0.25, -0.2) is 15.0 Å². The van der Waals surface area contributed by atoms with Crippen molar-refractivity contribution in [3.8, 4) is 0 Å². The van der Waals surface area contributed by atoms with Crippen LogP contribution in [0.3, 0.4) is 0 Å². The second-order valence-corrected chi connectivity index (χ2v) is 5.09. The Kier molecular flexibility index (Phi) is 3.28. The maximum atomic E-state index is 4.49. The van der Waals surface area contributed by atoms with Crippen LogP contribution in [0, 0.1) is 13.8 Å². The van der Waals surface area contributed by atoms with Gasteiger partial charge in [0.05, 0.1) is 11.9 Å². The van der Waals surface area contributed by atoms with Crippen molar-refractivity contribution in [2.45, 2.75) is 33.6 Å². The predicted octanol–water partition coefficient (Wildman–Crippen LogP) is 3.03. The Labute approximate surface area is 119 Å². The molecule has 0 amide bonds. The van der Waals surface area contributed by atoms with E-state index >= 15 is 0 Å². The molecular weight excluding hydrogens is 250 g/mol. The molecule has 1 aliphatic heterocycles. The first-order valence-electron chi connectivity index (χ1n) is 6.94. The summed E-state index contributed by atoms with van der Waals surface area (Å²) in [4.78, 5) is 8.68. The number of benzene rings is 1. The second-order valence-electron chi connectivity index (χ2n) is 5.09. The molecule has 1 aliphatic rings. The summed E-state index contributed by atoms with van der Waals surface area (Å²) in [6, 6.07) is 6.51. The number of fused-ring (bicyclic) bond motifs is 1. The number of hydrogen-bond acceptors (Lipinski definition) is 5.